The van der Waals surface area contributed by atoms with Crippen molar-refractivity contribution in [2.45, 2.75) is 25.8 Å². The molecule has 7 nitrogen and oxygen atoms in total. The van der Waals surface area contributed by atoms with Crippen molar-refractivity contribution in [3.05, 3.63) is 46.0 Å². The van der Waals surface area contributed by atoms with Crippen LogP contribution in [0.25, 0.3) is 11.5 Å². The van der Waals surface area contributed by atoms with Crippen molar-refractivity contribution in [2.75, 3.05) is 20.8 Å². The molecule has 1 amide bonds. The van der Waals surface area contributed by atoms with Crippen LogP contribution in [-0.4, -0.2) is 41.8 Å². The largest absolute Gasteiger partial charge is 0.493 e. The fourth-order valence-corrected chi connectivity index (χ4v) is 3.96. The molecular formula is C20H21N3O4S. The third kappa shape index (κ3) is 3.73. The molecule has 146 valence electrons. The van der Waals surface area contributed by atoms with Crippen LogP contribution in [0, 0.1) is 0 Å². The van der Waals surface area contributed by atoms with Gasteiger partial charge in [-0.25, -0.2) is 0 Å². The van der Waals surface area contributed by atoms with Crippen LogP contribution < -0.4 is 9.47 Å². The van der Waals surface area contributed by atoms with Gasteiger partial charge in [-0.05, 0) is 41.1 Å². The Morgan fingerprint density at radius 1 is 1.21 bits per heavy atom. The van der Waals surface area contributed by atoms with Crippen LogP contribution in [0.15, 0.2) is 33.4 Å². The van der Waals surface area contributed by atoms with E-state index in [1.165, 1.54) is 5.56 Å². The summed E-state index contributed by atoms with van der Waals surface area (Å²) in [6, 6.07) is 5.89. The normalized spacial score (nSPS) is 13.3. The number of fused-ring (bicyclic) bond motifs is 1. The van der Waals surface area contributed by atoms with Gasteiger partial charge in [0.25, 0.3) is 0 Å². The first kappa shape index (κ1) is 18.5. The number of benzene rings is 1. The van der Waals surface area contributed by atoms with Gasteiger partial charge < -0.3 is 18.8 Å². The lowest BCUT2D eigenvalue weighted by molar-refractivity contribution is -0.132. The van der Waals surface area contributed by atoms with Crippen molar-refractivity contribution >= 4 is 17.2 Å². The summed E-state index contributed by atoms with van der Waals surface area (Å²) in [5, 5.41) is 12.0. The highest BCUT2D eigenvalue weighted by Crippen LogP contribution is 2.33. The third-order valence-electron chi connectivity index (χ3n) is 4.86. The fraction of sp³-hybridized carbons (Fsp3) is 0.350. The van der Waals surface area contributed by atoms with E-state index in [0.29, 0.717) is 43.5 Å². The Morgan fingerprint density at radius 3 is 2.71 bits per heavy atom. The highest BCUT2D eigenvalue weighted by atomic mass is 32.1. The highest BCUT2D eigenvalue weighted by Gasteiger charge is 2.23. The second-order valence-corrected chi connectivity index (χ2v) is 7.33. The molecule has 1 aromatic carbocycles. The predicted octanol–water partition coefficient (Wildman–Crippen LogP) is 3.33. The van der Waals surface area contributed by atoms with E-state index in [0.717, 1.165) is 23.3 Å². The summed E-state index contributed by atoms with van der Waals surface area (Å²) in [4.78, 5) is 14.5. The molecule has 0 saturated heterocycles. The van der Waals surface area contributed by atoms with Gasteiger partial charge in [0.2, 0.25) is 17.7 Å². The van der Waals surface area contributed by atoms with E-state index in [1.54, 1.807) is 25.6 Å². The number of nitrogens with zero attached hydrogens (tertiary/aromatic N) is 3. The number of carbonyl (C=O) groups is 1. The third-order valence-corrected chi connectivity index (χ3v) is 5.54. The zero-order valence-electron chi connectivity index (χ0n) is 15.8. The molecule has 8 heteroatoms. The number of amides is 1. The Morgan fingerprint density at radius 2 is 2.00 bits per heavy atom. The molecule has 0 bridgehead atoms. The van der Waals surface area contributed by atoms with E-state index < -0.39 is 0 Å². The van der Waals surface area contributed by atoms with Crippen molar-refractivity contribution in [3.63, 3.8) is 0 Å². The van der Waals surface area contributed by atoms with E-state index in [1.807, 2.05) is 33.9 Å². The van der Waals surface area contributed by atoms with Gasteiger partial charge in [-0.15, -0.1) is 10.2 Å². The van der Waals surface area contributed by atoms with E-state index >= 15 is 0 Å². The van der Waals surface area contributed by atoms with Crippen LogP contribution in [0.2, 0.25) is 0 Å². The minimum absolute atomic E-state index is 0.0794. The number of carbonyl (C=O) groups excluding carboxylic acids is 1. The summed E-state index contributed by atoms with van der Waals surface area (Å²) < 4.78 is 16.4. The van der Waals surface area contributed by atoms with Gasteiger partial charge in [-0.3, -0.25) is 4.79 Å². The van der Waals surface area contributed by atoms with E-state index in [9.17, 15) is 4.79 Å². The molecule has 0 N–H and O–H groups in total. The molecule has 0 atom stereocenters. The number of hydrogen-bond acceptors (Lipinski definition) is 7. The number of thiophene rings is 1. The van der Waals surface area contributed by atoms with Crippen molar-refractivity contribution in [1.29, 1.82) is 0 Å². The van der Waals surface area contributed by atoms with E-state index in [4.69, 9.17) is 13.9 Å². The van der Waals surface area contributed by atoms with Crippen molar-refractivity contribution in [3.8, 4) is 23.0 Å². The number of hydrogen-bond donors (Lipinski definition) is 0. The lowest BCUT2D eigenvalue weighted by Gasteiger charge is -2.29. The number of aryl methyl sites for hydroxylation is 1. The van der Waals surface area contributed by atoms with Crippen LogP contribution in [0.4, 0.5) is 0 Å². The number of ether oxygens (including phenoxy) is 2. The standard InChI is InChI=1S/C20H21N3O4S/c1-25-16-9-13-5-7-23(11-15(13)10-17(16)26-2)19(24)4-3-18-21-22-20(27-18)14-6-8-28-12-14/h6,8-10,12H,3-5,7,11H2,1-2H3. The number of methoxy groups -OCH3 is 2. The average molecular weight is 399 g/mol. The average Bonchev–Trinajstić information content (AvgIpc) is 3.42. The van der Waals surface area contributed by atoms with Gasteiger partial charge in [0.1, 0.15) is 0 Å². The first-order chi connectivity index (χ1) is 13.7. The first-order valence-corrected chi connectivity index (χ1v) is 9.98. The summed E-state index contributed by atoms with van der Waals surface area (Å²) in [6.45, 7) is 1.25. The van der Waals surface area contributed by atoms with Gasteiger partial charge in [-0.1, -0.05) is 0 Å². The Hall–Kier alpha value is -2.87. The quantitative estimate of drug-likeness (QED) is 0.633. The molecule has 0 spiro atoms. The molecule has 0 saturated carbocycles. The Kier molecular flexibility index (Phi) is 5.29. The Labute approximate surface area is 166 Å². The van der Waals surface area contributed by atoms with Crippen LogP contribution in [0.3, 0.4) is 0 Å². The molecular weight excluding hydrogens is 378 g/mol. The molecule has 0 fully saturated rings. The lowest BCUT2D eigenvalue weighted by atomic mass is 9.98. The summed E-state index contributed by atoms with van der Waals surface area (Å²) in [7, 11) is 3.25. The second-order valence-electron chi connectivity index (χ2n) is 6.55. The van der Waals surface area contributed by atoms with Crippen LogP contribution in [0.1, 0.15) is 23.4 Å². The van der Waals surface area contributed by atoms with Gasteiger partial charge in [-0.2, -0.15) is 11.3 Å². The van der Waals surface area contributed by atoms with Crippen molar-refractivity contribution in [1.82, 2.24) is 15.1 Å². The molecule has 3 aromatic rings. The van der Waals surface area contributed by atoms with Crippen LogP contribution in [-0.2, 0) is 24.2 Å². The van der Waals surface area contributed by atoms with Gasteiger partial charge >= 0.3 is 0 Å². The van der Waals surface area contributed by atoms with E-state index in [2.05, 4.69) is 10.2 Å². The maximum absolute atomic E-state index is 12.7. The molecule has 4 rings (SSSR count). The summed E-state index contributed by atoms with van der Waals surface area (Å²) in [6.07, 6.45) is 1.57. The van der Waals surface area contributed by atoms with Gasteiger partial charge in [0.05, 0.1) is 14.2 Å². The molecule has 0 aliphatic carbocycles. The first-order valence-electron chi connectivity index (χ1n) is 9.04. The van der Waals surface area contributed by atoms with Crippen LogP contribution >= 0.6 is 11.3 Å². The molecule has 3 heterocycles. The summed E-state index contributed by atoms with van der Waals surface area (Å²) in [5.74, 6) is 2.46. The molecule has 0 unspecified atom stereocenters. The van der Waals surface area contributed by atoms with Crippen molar-refractivity contribution in [2.24, 2.45) is 0 Å². The van der Waals surface area contributed by atoms with Crippen LogP contribution in [0.5, 0.6) is 11.5 Å². The second kappa shape index (κ2) is 8.02. The molecule has 28 heavy (non-hydrogen) atoms. The monoisotopic (exact) mass is 399 g/mol. The number of rotatable bonds is 6. The van der Waals surface area contributed by atoms with Crippen molar-refractivity contribution < 1.29 is 18.7 Å². The fourth-order valence-electron chi connectivity index (χ4n) is 3.33. The smallest absolute Gasteiger partial charge is 0.248 e. The summed E-state index contributed by atoms with van der Waals surface area (Å²) >= 11 is 1.57. The van der Waals surface area contributed by atoms with Gasteiger partial charge in [0.15, 0.2) is 11.5 Å². The zero-order chi connectivity index (χ0) is 19.5. The topological polar surface area (TPSA) is 77.7 Å². The molecule has 1 aliphatic heterocycles. The molecule has 2 aromatic heterocycles. The Balaban J connectivity index is 1.38. The maximum atomic E-state index is 12.7. The summed E-state index contributed by atoms with van der Waals surface area (Å²) in [5.41, 5.74) is 3.20. The SMILES string of the molecule is COc1cc2c(cc1OC)CN(C(=O)CCc1nnc(-c3ccsc3)o1)CC2. The zero-order valence-corrected chi connectivity index (χ0v) is 16.6. The minimum Gasteiger partial charge on any atom is -0.493 e. The van der Waals surface area contributed by atoms with E-state index in [-0.39, 0.29) is 5.91 Å². The number of aromatic nitrogens is 2. The van der Waals surface area contributed by atoms with Gasteiger partial charge in [0, 0.05) is 36.9 Å². The Bertz CT molecular complexity index is 968. The highest BCUT2D eigenvalue weighted by molar-refractivity contribution is 7.08. The molecule has 1 aliphatic rings. The molecule has 0 radical (unpaired) electrons. The maximum Gasteiger partial charge on any atom is 0.248 e. The minimum atomic E-state index is 0.0794. The lowest BCUT2D eigenvalue weighted by Crippen LogP contribution is -2.36. The predicted molar refractivity (Wildman–Crippen MR) is 105 cm³/mol.